The van der Waals surface area contributed by atoms with Crippen molar-refractivity contribution >= 4 is 23.1 Å². The maximum absolute atomic E-state index is 4.48. The molecule has 140 valence electrons. The summed E-state index contributed by atoms with van der Waals surface area (Å²) in [5.41, 5.74) is 2.30. The van der Waals surface area contributed by atoms with Crippen LogP contribution in [0.2, 0.25) is 0 Å². The molecule has 0 aliphatic carbocycles. The average molecular weight is 355 g/mol. The summed E-state index contributed by atoms with van der Waals surface area (Å²) in [6.45, 7) is 9.89. The molecule has 0 bridgehead atoms. The van der Waals surface area contributed by atoms with Gasteiger partial charge in [0.05, 0.1) is 6.20 Å². The minimum atomic E-state index is 0.565. The molecule has 1 saturated heterocycles. The third kappa shape index (κ3) is 5.31. The summed E-state index contributed by atoms with van der Waals surface area (Å²) in [5.74, 6) is 2.76. The lowest BCUT2D eigenvalue weighted by Gasteiger charge is -2.32. The topological polar surface area (TPSA) is 66.0 Å². The molecule has 1 aromatic carbocycles. The molecule has 0 amide bonds. The summed E-state index contributed by atoms with van der Waals surface area (Å²) in [6.07, 6.45) is 5.28. The summed E-state index contributed by atoms with van der Waals surface area (Å²) in [5, 5.41) is 14.6. The summed E-state index contributed by atoms with van der Waals surface area (Å²) in [7, 11) is 0. The molecular formula is C20H30N6. The molecule has 2 heterocycles. The molecule has 26 heavy (non-hydrogen) atoms. The highest BCUT2D eigenvalue weighted by molar-refractivity contribution is 5.60. The second-order valence-corrected chi connectivity index (χ2v) is 7.62. The lowest BCUT2D eigenvalue weighted by Crippen LogP contribution is -2.32. The van der Waals surface area contributed by atoms with Crippen LogP contribution in [0.3, 0.4) is 0 Å². The standard InChI is InChI=1S/C20H30N6/c1-15(2)8-11-21-20-24-19(14-22-25-20)23-17-4-6-18(7-5-17)26-12-9-16(3)10-13-26/h4-7,14-16H,8-13H2,1-3H3,(H2,21,23,24,25). The van der Waals surface area contributed by atoms with Gasteiger partial charge < -0.3 is 15.5 Å². The van der Waals surface area contributed by atoms with Crippen molar-refractivity contribution in [2.75, 3.05) is 35.2 Å². The second kappa shape index (κ2) is 8.83. The van der Waals surface area contributed by atoms with E-state index in [0.29, 0.717) is 17.7 Å². The third-order valence-corrected chi connectivity index (χ3v) is 4.85. The second-order valence-electron chi connectivity index (χ2n) is 7.62. The van der Waals surface area contributed by atoms with Gasteiger partial charge in [-0.05, 0) is 55.4 Å². The van der Waals surface area contributed by atoms with Crippen LogP contribution >= 0.6 is 0 Å². The first-order valence-electron chi connectivity index (χ1n) is 9.66. The Kier molecular flexibility index (Phi) is 6.26. The van der Waals surface area contributed by atoms with E-state index in [4.69, 9.17) is 0 Å². The van der Waals surface area contributed by atoms with Crippen LogP contribution in [-0.2, 0) is 0 Å². The van der Waals surface area contributed by atoms with Crippen LogP contribution in [0.4, 0.5) is 23.1 Å². The summed E-state index contributed by atoms with van der Waals surface area (Å²) < 4.78 is 0. The van der Waals surface area contributed by atoms with Crippen LogP contribution in [0.25, 0.3) is 0 Å². The van der Waals surface area contributed by atoms with Crippen molar-refractivity contribution in [3.8, 4) is 0 Å². The quantitative estimate of drug-likeness (QED) is 0.772. The molecule has 1 aliphatic heterocycles. The number of rotatable bonds is 7. The number of anilines is 4. The lowest BCUT2D eigenvalue weighted by atomic mass is 9.99. The highest BCUT2D eigenvalue weighted by Gasteiger charge is 2.15. The fraction of sp³-hybridized carbons (Fsp3) is 0.550. The van der Waals surface area contributed by atoms with E-state index in [1.165, 1.54) is 18.5 Å². The molecule has 3 rings (SSSR count). The SMILES string of the molecule is CC(C)CCNc1nncc(Nc2ccc(N3CCC(C)CC3)cc2)n1. The normalized spacial score (nSPS) is 15.3. The molecule has 0 radical (unpaired) electrons. The fourth-order valence-electron chi connectivity index (χ4n) is 3.08. The van der Waals surface area contributed by atoms with Crippen molar-refractivity contribution in [3.63, 3.8) is 0 Å². The fourth-order valence-corrected chi connectivity index (χ4v) is 3.08. The summed E-state index contributed by atoms with van der Waals surface area (Å²) >= 11 is 0. The molecule has 0 atom stereocenters. The maximum atomic E-state index is 4.48. The van der Waals surface area contributed by atoms with Crippen LogP contribution in [0, 0.1) is 11.8 Å². The molecular weight excluding hydrogens is 324 g/mol. The lowest BCUT2D eigenvalue weighted by molar-refractivity contribution is 0.438. The van der Waals surface area contributed by atoms with Gasteiger partial charge in [-0.15, -0.1) is 5.10 Å². The Morgan fingerprint density at radius 1 is 1.15 bits per heavy atom. The minimum absolute atomic E-state index is 0.565. The Morgan fingerprint density at radius 2 is 1.88 bits per heavy atom. The van der Waals surface area contributed by atoms with E-state index in [9.17, 15) is 0 Å². The van der Waals surface area contributed by atoms with Gasteiger partial charge in [-0.25, -0.2) is 0 Å². The van der Waals surface area contributed by atoms with Gasteiger partial charge in [0.25, 0.3) is 0 Å². The zero-order valence-electron chi connectivity index (χ0n) is 16.1. The zero-order chi connectivity index (χ0) is 18.4. The number of hydrogen-bond acceptors (Lipinski definition) is 6. The van der Waals surface area contributed by atoms with Gasteiger partial charge in [-0.3, -0.25) is 0 Å². The molecule has 1 aliphatic rings. The highest BCUT2D eigenvalue weighted by atomic mass is 15.3. The van der Waals surface area contributed by atoms with Gasteiger partial charge >= 0.3 is 0 Å². The molecule has 0 spiro atoms. The number of aromatic nitrogens is 3. The average Bonchev–Trinajstić information content (AvgIpc) is 2.63. The Morgan fingerprint density at radius 3 is 2.58 bits per heavy atom. The first-order valence-corrected chi connectivity index (χ1v) is 9.66. The van der Waals surface area contributed by atoms with Gasteiger partial charge in [0.15, 0.2) is 5.82 Å². The first kappa shape index (κ1) is 18.4. The predicted octanol–water partition coefficient (Wildman–Crippen LogP) is 4.31. The number of nitrogens with zero attached hydrogens (tertiary/aromatic N) is 4. The molecule has 0 saturated carbocycles. The van der Waals surface area contributed by atoms with E-state index >= 15 is 0 Å². The van der Waals surface area contributed by atoms with Crippen molar-refractivity contribution < 1.29 is 0 Å². The minimum Gasteiger partial charge on any atom is -0.372 e. The Balaban J connectivity index is 1.57. The zero-order valence-corrected chi connectivity index (χ0v) is 16.1. The molecule has 0 unspecified atom stereocenters. The van der Waals surface area contributed by atoms with E-state index in [0.717, 1.165) is 37.7 Å². The van der Waals surface area contributed by atoms with Gasteiger partial charge in [0.1, 0.15) is 0 Å². The Hall–Kier alpha value is -2.37. The van der Waals surface area contributed by atoms with Crippen molar-refractivity contribution in [1.82, 2.24) is 15.2 Å². The van der Waals surface area contributed by atoms with E-state index in [1.807, 2.05) is 0 Å². The third-order valence-electron chi connectivity index (χ3n) is 4.85. The molecule has 6 heteroatoms. The molecule has 1 fully saturated rings. The van der Waals surface area contributed by atoms with Crippen molar-refractivity contribution in [3.05, 3.63) is 30.5 Å². The van der Waals surface area contributed by atoms with Crippen LogP contribution < -0.4 is 15.5 Å². The largest absolute Gasteiger partial charge is 0.372 e. The van der Waals surface area contributed by atoms with E-state index < -0.39 is 0 Å². The van der Waals surface area contributed by atoms with E-state index in [1.54, 1.807) is 6.20 Å². The van der Waals surface area contributed by atoms with Gasteiger partial charge in [0.2, 0.25) is 5.95 Å². The van der Waals surface area contributed by atoms with Crippen molar-refractivity contribution in [2.45, 2.75) is 40.0 Å². The van der Waals surface area contributed by atoms with Crippen LogP contribution in [0.1, 0.15) is 40.0 Å². The number of benzene rings is 1. The number of piperidine rings is 1. The predicted molar refractivity (Wildman–Crippen MR) is 108 cm³/mol. The molecule has 2 N–H and O–H groups in total. The molecule has 1 aromatic heterocycles. The maximum Gasteiger partial charge on any atom is 0.244 e. The molecule has 2 aromatic rings. The first-order chi connectivity index (χ1) is 12.6. The monoisotopic (exact) mass is 354 g/mol. The smallest absolute Gasteiger partial charge is 0.244 e. The summed E-state index contributed by atoms with van der Waals surface area (Å²) in [4.78, 5) is 6.94. The van der Waals surface area contributed by atoms with Gasteiger partial charge in [0, 0.05) is 31.0 Å². The number of hydrogen-bond donors (Lipinski definition) is 2. The van der Waals surface area contributed by atoms with Gasteiger partial charge in [-0.1, -0.05) is 20.8 Å². The molecule has 6 nitrogen and oxygen atoms in total. The van der Waals surface area contributed by atoms with Crippen LogP contribution in [0.15, 0.2) is 30.5 Å². The Bertz CT molecular complexity index is 677. The van der Waals surface area contributed by atoms with E-state index in [2.05, 4.69) is 75.8 Å². The van der Waals surface area contributed by atoms with Gasteiger partial charge in [-0.2, -0.15) is 10.1 Å². The van der Waals surface area contributed by atoms with E-state index in [-0.39, 0.29) is 0 Å². The highest BCUT2D eigenvalue weighted by Crippen LogP contribution is 2.25. The van der Waals surface area contributed by atoms with Crippen molar-refractivity contribution in [1.29, 1.82) is 0 Å². The van der Waals surface area contributed by atoms with Crippen LogP contribution in [0.5, 0.6) is 0 Å². The van der Waals surface area contributed by atoms with Crippen LogP contribution in [-0.4, -0.2) is 34.8 Å². The van der Waals surface area contributed by atoms with Crippen molar-refractivity contribution in [2.24, 2.45) is 11.8 Å². The number of nitrogens with one attached hydrogen (secondary N) is 2. The Labute approximate surface area is 156 Å². The summed E-state index contributed by atoms with van der Waals surface area (Å²) in [6, 6.07) is 8.55.